The second kappa shape index (κ2) is 4.33. The minimum absolute atomic E-state index is 0.883. The molecule has 3 aromatic rings. The number of benzene rings is 1. The molecule has 3 heteroatoms. The molecule has 2 aromatic heterocycles. The zero-order chi connectivity index (χ0) is 12.5. The fraction of sp³-hybridized carbons (Fsp3) is 0.267. The van der Waals surface area contributed by atoms with Crippen LogP contribution < -0.4 is 0 Å². The van der Waals surface area contributed by atoms with Crippen molar-refractivity contribution in [1.82, 2.24) is 14.3 Å². The summed E-state index contributed by atoms with van der Waals surface area (Å²) in [5.74, 6) is 0. The third-order valence-corrected chi connectivity index (χ3v) is 3.36. The summed E-state index contributed by atoms with van der Waals surface area (Å²) < 4.78 is 4.16. The molecule has 0 N–H and O–H groups in total. The number of rotatable bonds is 3. The summed E-state index contributed by atoms with van der Waals surface area (Å²) in [6.45, 7) is 3.09. The second-order valence-corrected chi connectivity index (χ2v) is 4.67. The Balaban J connectivity index is 2.06. The normalized spacial score (nSPS) is 11.2. The Labute approximate surface area is 107 Å². The van der Waals surface area contributed by atoms with Gasteiger partial charge in [-0.15, -0.1) is 0 Å². The lowest BCUT2D eigenvalue weighted by molar-refractivity contribution is 0.764. The highest BCUT2D eigenvalue weighted by molar-refractivity contribution is 5.83. The molecule has 0 amide bonds. The van der Waals surface area contributed by atoms with Gasteiger partial charge < -0.3 is 4.57 Å². The van der Waals surface area contributed by atoms with Gasteiger partial charge in [0.1, 0.15) is 0 Å². The molecule has 3 nitrogen and oxygen atoms in total. The van der Waals surface area contributed by atoms with Crippen LogP contribution in [0, 0.1) is 0 Å². The van der Waals surface area contributed by atoms with Gasteiger partial charge in [0, 0.05) is 25.0 Å². The molecule has 2 heterocycles. The van der Waals surface area contributed by atoms with Crippen LogP contribution in [0.25, 0.3) is 10.9 Å². The average Bonchev–Trinajstić information content (AvgIpc) is 2.97. The van der Waals surface area contributed by atoms with E-state index in [2.05, 4.69) is 53.2 Å². The van der Waals surface area contributed by atoms with Gasteiger partial charge in [-0.3, -0.25) is 4.68 Å². The average molecular weight is 239 g/mol. The van der Waals surface area contributed by atoms with Gasteiger partial charge in [0.2, 0.25) is 0 Å². The maximum Gasteiger partial charge on any atom is 0.0539 e. The number of nitrogens with zero attached hydrogens (tertiary/aromatic N) is 3. The first-order valence-electron chi connectivity index (χ1n) is 6.32. The quantitative estimate of drug-likeness (QED) is 0.689. The van der Waals surface area contributed by atoms with E-state index in [1.54, 1.807) is 0 Å². The van der Waals surface area contributed by atoms with E-state index in [9.17, 15) is 0 Å². The molecular formula is C15H17N3. The predicted molar refractivity (Wildman–Crippen MR) is 73.6 cm³/mol. The van der Waals surface area contributed by atoms with Gasteiger partial charge in [-0.1, -0.05) is 25.1 Å². The number of hydrogen-bond acceptors (Lipinski definition) is 1. The van der Waals surface area contributed by atoms with Crippen LogP contribution in [0.3, 0.4) is 0 Å². The number of aromatic nitrogens is 3. The molecule has 0 fully saturated rings. The van der Waals surface area contributed by atoms with Crippen LogP contribution in [0.1, 0.15) is 18.1 Å². The molecular weight excluding hydrogens is 222 g/mol. The zero-order valence-corrected chi connectivity index (χ0v) is 10.8. The summed E-state index contributed by atoms with van der Waals surface area (Å²) in [6, 6.07) is 8.71. The van der Waals surface area contributed by atoms with E-state index >= 15 is 0 Å². The molecule has 0 aliphatic rings. The van der Waals surface area contributed by atoms with Crippen molar-refractivity contribution in [3.05, 3.63) is 54.0 Å². The molecule has 1 aromatic carbocycles. The smallest absolute Gasteiger partial charge is 0.0539 e. The van der Waals surface area contributed by atoms with Crippen molar-refractivity contribution in [1.29, 1.82) is 0 Å². The lowest BCUT2D eigenvalue weighted by Gasteiger charge is -2.07. The number of fused-ring (bicyclic) bond motifs is 1. The van der Waals surface area contributed by atoms with Gasteiger partial charge in [0.15, 0.2) is 0 Å². The van der Waals surface area contributed by atoms with Crippen molar-refractivity contribution in [2.24, 2.45) is 7.05 Å². The Kier molecular flexibility index (Phi) is 2.67. The first-order valence-corrected chi connectivity index (χ1v) is 6.32. The monoisotopic (exact) mass is 239 g/mol. The Morgan fingerprint density at radius 2 is 2.11 bits per heavy atom. The topological polar surface area (TPSA) is 22.8 Å². The standard InChI is InChI=1S/C15H17N3/c1-3-13-5-4-6-14-7-8-18(15(13)14)11-12-9-16-17(2)10-12/h4-10H,3,11H2,1-2H3. The van der Waals surface area contributed by atoms with E-state index in [1.807, 2.05) is 17.9 Å². The van der Waals surface area contributed by atoms with E-state index in [0.29, 0.717) is 0 Å². The number of para-hydroxylation sites is 1. The van der Waals surface area contributed by atoms with Gasteiger partial charge in [-0.25, -0.2) is 0 Å². The van der Waals surface area contributed by atoms with Crippen molar-refractivity contribution < 1.29 is 0 Å². The molecule has 0 bridgehead atoms. The lowest BCUT2D eigenvalue weighted by Crippen LogP contribution is -1.99. The van der Waals surface area contributed by atoms with Crippen molar-refractivity contribution in [2.75, 3.05) is 0 Å². The molecule has 0 spiro atoms. The molecule has 0 aliphatic heterocycles. The molecule has 0 aliphatic carbocycles. The Hall–Kier alpha value is -2.03. The Morgan fingerprint density at radius 3 is 2.83 bits per heavy atom. The molecule has 92 valence electrons. The lowest BCUT2D eigenvalue weighted by atomic mass is 10.1. The minimum atomic E-state index is 0.883. The van der Waals surface area contributed by atoms with Gasteiger partial charge in [0.05, 0.1) is 18.3 Å². The molecule has 0 atom stereocenters. The highest BCUT2D eigenvalue weighted by Crippen LogP contribution is 2.21. The third kappa shape index (κ3) is 1.82. The number of hydrogen-bond donors (Lipinski definition) is 0. The summed E-state index contributed by atoms with van der Waals surface area (Å²) in [5.41, 5.74) is 3.99. The van der Waals surface area contributed by atoms with E-state index < -0.39 is 0 Å². The minimum Gasteiger partial charge on any atom is -0.343 e. The maximum absolute atomic E-state index is 4.22. The van der Waals surface area contributed by atoms with Crippen molar-refractivity contribution in [2.45, 2.75) is 19.9 Å². The van der Waals surface area contributed by atoms with Crippen molar-refractivity contribution in [3.8, 4) is 0 Å². The fourth-order valence-electron chi connectivity index (χ4n) is 2.51. The van der Waals surface area contributed by atoms with Gasteiger partial charge in [0.25, 0.3) is 0 Å². The zero-order valence-electron chi connectivity index (χ0n) is 10.8. The fourth-order valence-corrected chi connectivity index (χ4v) is 2.51. The third-order valence-electron chi connectivity index (χ3n) is 3.36. The molecule has 0 saturated carbocycles. The molecule has 0 saturated heterocycles. The number of aryl methyl sites for hydroxylation is 2. The summed E-state index contributed by atoms with van der Waals surface area (Å²) in [4.78, 5) is 0. The molecule has 0 unspecified atom stereocenters. The van der Waals surface area contributed by atoms with Crippen LogP contribution >= 0.6 is 0 Å². The summed E-state index contributed by atoms with van der Waals surface area (Å²) in [6.07, 6.45) is 7.23. The Bertz CT molecular complexity index is 676. The van der Waals surface area contributed by atoms with Gasteiger partial charge in [-0.2, -0.15) is 5.10 Å². The van der Waals surface area contributed by atoms with E-state index in [-0.39, 0.29) is 0 Å². The summed E-state index contributed by atoms with van der Waals surface area (Å²) in [7, 11) is 1.95. The van der Waals surface area contributed by atoms with Crippen LogP contribution in [0.15, 0.2) is 42.9 Å². The first-order chi connectivity index (χ1) is 8.78. The van der Waals surface area contributed by atoms with Crippen LogP contribution in [0.4, 0.5) is 0 Å². The molecule has 3 rings (SSSR count). The van der Waals surface area contributed by atoms with Gasteiger partial charge >= 0.3 is 0 Å². The highest BCUT2D eigenvalue weighted by atomic mass is 15.2. The van der Waals surface area contributed by atoms with E-state index in [1.165, 1.54) is 22.0 Å². The maximum atomic E-state index is 4.22. The van der Waals surface area contributed by atoms with E-state index in [0.717, 1.165) is 13.0 Å². The molecule has 18 heavy (non-hydrogen) atoms. The Morgan fingerprint density at radius 1 is 1.22 bits per heavy atom. The van der Waals surface area contributed by atoms with Crippen LogP contribution in [0.5, 0.6) is 0 Å². The van der Waals surface area contributed by atoms with E-state index in [4.69, 9.17) is 0 Å². The highest BCUT2D eigenvalue weighted by Gasteiger charge is 2.06. The van der Waals surface area contributed by atoms with Crippen LogP contribution in [-0.2, 0) is 20.0 Å². The summed E-state index contributed by atoms with van der Waals surface area (Å²) >= 11 is 0. The van der Waals surface area contributed by atoms with Gasteiger partial charge in [-0.05, 0) is 23.4 Å². The van der Waals surface area contributed by atoms with Crippen LogP contribution in [-0.4, -0.2) is 14.3 Å². The summed E-state index contributed by atoms with van der Waals surface area (Å²) in [5, 5.41) is 5.54. The SMILES string of the molecule is CCc1cccc2ccn(Cc3cnn(C)c3)c12. The largest absolute Gasteiger partial charge is 0.343 e. The van der Waals surface area contributed by atoms with Crippen LogP contribution in [0.2, 0.25) is 0 Å². The van der Waals surface area contributed by atoms with Crippen molar-refractivity contribution >= 4 is 10.9 Å². The van der Waals surface area contributed by atoms with Crippen molar-refractivity contribution in [3.63, 3.8) is 0 Å². The second-order valence-electron chi connectivity index (χ2n) is 4.67. The molecule has 0 radical (unpaired) electrons. The first kappa shape index (κ1) is 11.1. The predicted octanol–water partition coefficient (Wildman–Crippen LogP) is 2.99.